The van der Waals surface area contributed by atoms with Crippen LogP contribution in [-0.4, -0.2) is 33.0 Å². The fourth-order valence-corrected chi connectivity index (χ4v) is 3.18. The number of carbonyl (C=O) groups excluding carboxylic acids is 1. The molecule has 0 aliphatic carbocycles. The fraction of sp³-hybridized carbons (Fsp3) is 0.417. The second-order valence-corrected chi connectivity index (χ2v) is 6.60. The smallest absolute Gasteiger partial charge is 0.406 e. The Labute approximate surface area is 124 Å². The van der Waals surface area contributed by atoms with Gasteiger partial charge in [-0.2, -0.15) is 0 Å². The fourth-order valence-electron chi connectivity index (χ4n) is 2.30. The van der Waals surface area contributed by atoms with Gasteiger partial charge in [-0.15, -0.1) is 13.2 Å². The Bertz CT molecular complexity index is 658. The second kappa shape index (κ2) is 5.76. The van der Waals surface area contributed by atoms with Crippen LogP contribution >= 0.6 is 0 Å². The second-order valence-electron chi connectivity index (χ2n) is 4.95. The molecule has 6 nitrogen and oxygen atoms in total. The van der Waals surface area contributed by atoms with Crippen molar-refractivity contribution >= 4 is 21.6 Å². The molecule has 1 fully saturated rings. The minimum Gasteiger partial charge on any atom is -0.406 e. The number of amides is 1. The summed E-state index contributed by atoms with van der Waals surface area (Å²) in [5.41, 5.74) is 0.372. The molecule has 2 N–H and O–H groups in total. The molecule has 1 amide bonds. The summed E-state index contributed by atoms with van der Waals surface area (Å²) in [5, 5.41) is 4.94. The van der Waals surface area contributed by atoms with Crippen LogP contribution in [0, 0.1) is 5.92 Å². The molecule has 0 radical (unpaired) electrons. The van der Waals surface area contributed by atoms with Gasteiger partial charge in [0.1, 0.15) is 5.75 Å². The van der Waals surface area contributed by atoms with E-state index in [-0.39, 0.29) is 24.6 Å². The maximum absolute atomic E-state index is 12.1. The van der Waals surface area contributed by atoms with Gasteiger partial charge in [0.15, 0.2) is 0 Å². The van der Waals surface area contributed by atoms with Crippen LogP contribution in [-0.2, 0) is 14.8 Å². The summed E-state index contributed by atoms with van der Waals surface area (Å²) in [6, 6.07) is 4.78. The van der Waals surface area contributed by atoms with E-state index in [0.717, 1.165) is 12.1 Å². The number of alkyl halides is 3. The number of anilines is 1. The lowest BCUT2D eigenvalue weighted by molar-refractivity contribution is -0.274. The molecule has 0 aromatic heterocycles. The highest BCUT2D eigenvalue weighted by Gasteiger charge is 2.33. The summed E-state index contributed by atoms with van der Waals surface area (Å²) >= 11 is 0. The SMILES string of the molecule is NS(=O)(=O)CC1CC(=O)N(c2ccc(OC(F)(F)F)cc2)C1. The molecule has 2 rings (SSSR count). The predicted molar refractivity (Wildman–Crippen MR) is 71.6 cm³/mol. The Morgan fingerprint density at radius 2 is 1.86 bits per heavy atom. The Morgan fingerprint density at radius 3 is 2.36 bits per heavy atom. The molecule has 122 valence electrons. The van der Waals surface area contributed by atoms with Crippen molar-refractivity contribution in [2.45, 2.75) is 12.8 Å². The van der Waals surface area contributed by atoms with Gasteiger partial charge >= 0.3 is 6.36 Å². The summed E-state index contributed by atoms with van der Waals surface area (Å²) in [6.07, 6.45) is -4.76. The van der Waals surface area contributed by atoms with E-state index in [4.69, 9.17) is 5.14 Å². The van der Waals surface area contributed by atoms with E-state index in [9.17, 15) is 26.4 Å². The molecule has 1 saturated heterocycles. The summed E-state index contributed by atoms with van der Waals surface area (Å²) in [6.45, 7) is 0.148. The van der Waals surface area contributed by atoms with Gasteiger partial charge in [0, 0.05) is 24.6 Å². The van der Waals surface area contributed by atoms with Gasteiger partial charge in [0.05, 0.1) is 5.75 Å². The lowest BCUT2D eigenvalue weighted by atomic mass is 10.1. The summed E-state index contributed by atoms with van der Waals surface area (Å²) < 4.78 is 62.0. The van der Waals surface area contributed by atoms with Crippen LogP contribution < -0.4 is 14.8 Å². The number of hydrogen-bond acceptors (Lipinski definition) is 4. The van der Waals surface area contributed by atoms with Crippen LogP contribution in [0.15, 0.2) is 24.3 Å². The van der Waals surface area contributed by atoms with Crippen LogP contribution in [0.3, 0.4) is 0 Å². The lowest BCUT2D eigenvalue weighted by Gasteiger charge is -2.17. The highest BCUT2D eigenvalue weighted by atomic mass is 32.2. The van der Waals surface area contributed by atoms with Crippen molar-refractivity contribution < 1.29 is 31.1 Å². The Morgan fingerprint density at radius 1 is 1.27 bits per heavy atom. The minimum atomic E-state index is -4.79. The van der Waals surface area contributed by atoms with Crippen LogP contribution in [0.5, 0.6) is 5.75 Å². The van der Waals surface area contributed by atoms with Crippen molar-refractivity contribution in [1.82, 2.24) is 0 Å². The number of nitrogens with zero attached hydrogens (tertiary/aromatic N) is 1. The molecule has 22 heavy (non-hydrogen) atoms. The zero-order valence-electron chi connectivity index (χ0n) is 11.2. The first kappa shape index (κ1) is 16.6. The van der Waals surface area contributed by atoms with E-state index in [1.165, 1.54) is 17.0 Å². The molecule has 0 spiro atoms. The van der Waals surface area contributed by atoms with Gasteiger partial charge in [0.25, 0.3) is 0 Å². The molecular formula is C12H13F3N2O4S. The third-order valence-electron chi connectivity index (χ3n) is 3.06. The molecular weight excluding hydrogens is 325 g/mol. The van der Waals surface area contributed by atoms with Crippen molar-refractivity contribution in [3.63, 3.8) is 0 Å². The van der Waals surface area contributed by atoms with Crippen molar-refractivity contribution in [2.75, 3.05) is 17.2 Å². The zero-order chi connectivity index (χ0) is 16.5. The molecule has 1 aliphatic heterocycles. The molecule has 1 aliphatic rings. The van der Waals surface area contributed by atoms with Crippen LogP contribution in [0.1, 0.15) is 6.42 Å². The van der Waals surface area contributed by atoms with E-state index in [1.54, 1.807) is 0 Å². The first-order valence-corrected chi connectivity index (χ1v) is 7.92. The number of sulfonamides is 1. The van der Waals surface area contributed by atoms with Crippen molar-refractivity contribution in [2.24, 2.45) is 11.1 Å². The molecule has 1 unspecified atom stereocenters. The average molecular weight is 338 g/mol. The maximum atomic E-state index is 12.1. The Balaban J connectivity index is 2.07. The highest BCUT2D eigenvalue weighted by molar-refractivity contribution is 7.89. The van der Waals surface area contributed by atoms with Gasteiger partial charge in [0.2, 0.25) is 15.9 Å². The molecule has 1 atom stereocenters. The van der Waals surface area contributed by atoms with E-state index in [2.05, 4.69) is 4.74 Å². The number of rotatable bonds is 4. The van der Waals surface area contributed by atoms with E-state index < -0.39 is 28.1 Å². The number of primary sulfonamides is 1. The third kappa shape index (κ3) is 4.60. The van der Waals surface area contributed by atoms with Crippen LogP contribution in [0.4, 0.5) is 18.9 Å². The maximum Gasteiger partial charge on any atom is 0.573 e. The molecule has 0 saturated carbocycles. The van der Waals surface area contributed by atoms with E-state index in [0.29, 0.717) is 5.69 Å². The van der Waals surface area contributed by atoms with E-state index in [1.807, 2.05) is 0 Å². The summed E-state index contributed by atoms with van der Waals surface area (Å²) in [5.74, 6) is -1.46. The summed E-state index contributed by atoms with van der Waals surface area (Å²) in [4.78, 5) is 13.2. The van der Waals surface area contributed by atoms with E-state index >= 15 is 0 Å². The average Bonchev–Trinajstić information content (AvgIpc) is 2.66. The van der Waals surface area contributed by atoms with Crippen molar-refractivity contribution in [3.8, 4) is 5.75 Å². The van der Waals surface area contributed by atoms with Gasteiger partial charge in [-0.05, 0) is 24.3 Å². The predicted octanol–water partition coefficient (Wildman–Crippen LogP) is 1.23. The first-order chi connectivity index (χ1) is 10.0. The topological polar surface area (TPSA) is 89.7 Å². The minimum absolute atomic E-state index is 0.0250. The Kier molecular flexibility index (Phi) is 4.34. The molecule has 1 aromatic rings. The largest absolute Gasteiger partial charge is 0.573 e. The number of benzene rings is 1. The quantitative estimate of drug-likeness (QED) is 0.894. The number of ether oxygens (including phenoxy) is 1. The van der Waals surface area contributed by atoms with Crippen molar-refractivity contribution in [1.29, 1.82) is 0 Å². The monoisotopic (exact) mass is 338 g/mol. The first-order valence-electron chi connectivity index (χ1n) is 6.20. The van der Waals surface area contributed by atoms with Gasteiger partial charge < -0.3 is 9.64 Å². The van der Waals surface area contributed by atoms with Gasteiger partial charge in [-0.25, -0.2) is 13.6 Å². The normalized spacial score (nSPS) is 19.5. The molecule has 1 aromatic carbocycles. The third-order valence-corrected chi connectivity index (χ3v) is 3.99. The molecule has 10 heteroatoms. The number of halogens is 3. The molecule has 0 bridgehead atoms. The lowest BCUT2D eigenvalue weighted by Crippen LogP contribution is -2.27. The number of hydrogen-bond donors (Lipinski definition) is 1. The standard InChI is InChI=1S/C12H13F3N2O4S/c13-12(14,15)21-10-3-1-9(2-4-10)17-6-8(5-11(17)18)7-22(16,19)20/h1-4,8H,5-7H2,(H2,16,19,20). The van der Waals surface area contributed by atoms with Crippen LogP contribution in [0.2, 0.25) is 0 Å². The van der Waals surface area contributed by atoms with Crippen molar-refractivity contribution in [3.05, 3.63) is 24.3 Å². The van der Waals surface area contributed by atoms with Crippen LogP contribution in [0.25, 0.3) is 0 Å². The number of nitrogens with two attached hydrogens (primary N) is 1. The molecule has 1 heterocycles. The Hall–Kier alpha value is -1.81. The number of carbonyl (C=O) groups is 1. The highest BCUT2D eigenvalue weighted by Crippen LogP contribution is 2.29. The van der Waals surface area contributed by atoms with Gasteiger partial charge in [-0.1, -0.05) is 0 Å². The zero-order valence-corrected chi connectivity index (χ0v) is 12.0. The summed E-state index contributed by atoms with van der Waals surface area (Å²) in [7, 11) is -3.69. The van der Waals surface area contributed by atoms with Gasteiger partial charge in [-0.3, -0.25) is 4.79 Å².